The van der Waals surface area contributed by atoms with Gasteiger partial charge >= 0.3 is 0 Å². The minimum atomic E-state index is 0.0756. The monoisotopic (exact) mass is 245 g/mol. The summed E-state index contributed by atoms with van der Waals surface area (Å²) in [6, 6.07) is 8.33. The van der Waals surface area contributed by atoms with Crippen LogP contribution in [0.5, 0.6) is 0 Å². The fourth-order valence-corrected chi connectivity index (χ4v) is 2.34. The molecule has 1 aromatic rings. The molecule has 4 nitrogen and oxygen atoms in total. The molecule has 2 N–H and O–H groups in total. The van der Waals surface area contributed by atoms with Gasteiger partial charge in [-0.3, -0.25) is 4.79 Å². The highest BCUT2D eigenvalue weighted by atomic mass is 16.1. The van der Waals surface area contributed by atoms with Gasteiger partial charge in [-0.15, -0.1) is 0 Å². The number of anilines is 1. The molecule has 2 fully saturated rings. The SMILES string of the molecule is O=C(NC1CC1)c1ccccc1N1CCNCC1. The lowest BCUT2D eigenvalue weighted by Crippen LogP contribution is -2.44. The smallest absolute Gasteiger partial charge is 0.253 e. The van der Waals surface area contributed by atoms with Crippen molar-refractivity contribution in [2.24, 2.45) is 0 Å². The van der Waals surface area contributed by atoms with Gasteiger partial charge in [-0.1, -0.05) is 12.1 Å². The van der Waals surface area contributed by atoms with Crippen LogP contribution in [0.2, 0.25) is 0 Å². The van der Waals surface area contributed by atoms with Crippen molar-refractivity contribution in [3.05, 3.63) is 29.8 Å². The molecule has 1 amide bonds. The van der Waals surface area contributed by atoms with Crippen molar-refractivity contribution in [2.75, 3.05) is 31.1 Å². The first-order valence-corrected chi connectivity index (χ1v) is 6.70. The van der Waals surface area contributed by atoms with Crippen LogP contribution in [0.3, 0.4) is 0 Å². The summed E-state index contributed by atoms with van der Waals surface area (Å²) in [5.41, 5.74) is 1.88. The Morgan fingerprint density at radius 3 is 2.67 bits per heavy atom. The Kier molecular flexibility index (Phi) is 3.19. The summed E-state index contributed by atoms with van der Waals surface area (Å²) in [6.45, 7) is 3.90. The van der Waals surface area contributed by atoms with E-state index in [0.717, 1.165) is 50.3 Å². The number of piperazine rings is 1. The van der Waals surface area contributed by atoms with Crippen LogP contribution in [-0.4, -0.2) is 38.1 Å². The molecule has 1 aliphatic carbocycles. The van der Waals surface area contributed by atoms with Crippen LogP contribution in [-0.2, 0) is 0 Å². The topological polar surface area (TPSA) is 44.4 Å². The van der Waals surface area contributed by atoms with E-state index in [1.54, 1.807) is 0 Å². The number of hydrogen-bond donors (Lipinski definition) is 2. The number of amides is 1. The summed E-state index contributed by atoms with van der Waals surface area (Å²) >= 11 is 0. The van der Waals surface area contributed by atoms with E-state index < -0.39 is 0 Å². The van der Waals surface area contributed by atoms with Gasteiger partial charge in [0.05, 0.1) is 5.56 Å². The molecule has 0 spiro atoms. The number of nitrogens with zero attached hydrogens (tertiary/aromatic N) is 1. The molecule has 0 atom stereocenters. The molecule has 96 valence electrons. The Morgan fingerprint density at radius 1 is 1.22 bits per heavy atom. The number of benzene rings is 1. The summed E-state index contributed by atoms with van der Waals surface area (Å²) < 4.78 is 0. The summed E-state index contributed by atoms with van der Waals surface area (Å²) in [6.07, 6.45) is 2.25. The lowest BCUT2D eigenvalue weighted by molar-refractivity contribution is 0.0951. The van der Waals surface area contributed by atoms with Crippen LogP contribution < -0.4 is 15.5 Å². The number of nitrogens with one attached hydrogen (secondary N) is 2. The predicted octanol–water partition coefficient (Wildman–Crippen LogP) is 0.988. The van der Waals surface area contributed by atoms with E-state index in [1.807, 2.05) is 24.3 Å². The molecule has 0 bridgehead atoms. The second-order valence-electron chi connectivity index (χ2n) is 5.00. The van der Waals surface area contributed by atoms with Crippen LogP contribution >= 0.6 is 0 Å². The third-order valence-electron chi connectivity index (χ3n) is 3.52. The van der Waals surface area contributed by atoms with Gasteiger partial charge in [-0.05, 0) is 25.0 Å². The van der Waals surface area contributed by atoms with E-state index in [9.17, 15) is 4.79 Å². The lowest BCUT2D eigenvalue weighted by atomic mass is 10.1. The zero-order valence-electron chi connectivity index (χ0n) is 10.5. The van der Waals surface area contributed by atoms with Gasteiger partial charge in [0.15, 0.2) is 0 Å². The predicted molar refractivity (Wildman–Crippen MR) is 72.0 cm³/mol. The Labute approximate surface area is 107 Å². The Balaban J connectivity index is 1.81. The van der Waals surface area contributed by atoms with E-state index in [-0.39, 0.29) is 5.91 Å². The lowest BCUT2D eigenvalue weighted by Gasteiger charge is -2.30. The zero-order valence-corrected chi connectivity index (χ0v) is 10.5. The third-order valence-corrected chi connectivity index (χ3v) is 3.52. The molecular weight excluding hydrogens is 226 g/mol. The number of hydrogen-bond acceptors (Lipinski definition) is 3. The molecule has 1 heterocycles. The quantitative estimate of drug-likeness (QED) is 0.834. The Morgan fingerprint density at radius 2 is 1.94 bits per heavy atom. The van der Waals surface area contributed by atoms with Crippen molar-refractivity contribution >= 4 is 11.6 Å². The average molecular weight is 245 g/mol. The molecule has 1 aromatic carbocycles. The van der Waals surface area contributed by atoms with Gasteiger partial charge in [0.1, 0.15) is 0 Å². The van der Waals surface area contributed by atoms with Crippen molar-refractivity contribution in [1.29, 1.82) is 0 Å². The highest BCUT2D eigenvalue weighted by Crippen LogP contribution is 2.23. The maximum Gasteiger partial charge on any atom is 0.253 e. The number of rotatable bonds is 3. The molecule has 1 saturated carbocycles. The highest BCUT2D eigenvalue weighted by molar-refractivity contribution is 6.00. The second kappa shape index (κ2) is 4.98. The van der Waals surface area contributed by atoms with Crippen LogP contribution in [0, 0.1) is 0 Å². The molecule has 2 aliphatic rings. The van der Waals surface area contributed by atoms with Crippen molar-refractivity contribution < 1.29 is 4.79 Å². The van der Waals surface area contributed by atoms with Crippen LogP contribution in [0.1, 0.15) is 23.2 Å². The van der Waals surface area contributed by atoms with Crippen LogP contribution in [0.25, 0.3) is 0 Å². The fourth-order valence-electron chi connectivity index (χ4n) is 2.34. The third kappa shape index (κ3) is 2.48. The number of carbonyl (C=O) groups excluding carboxylic acids is 1. The standard InChI is InChI=1S/C14H19N3O/c18-14(16-11-5-6-11)12-3-1-2-4-13(12)17-9-7-15-8-10-17/h1-4,11,15H,5-10H2,(H,16,18). The fraction of sp³-hybridized carbons (Fsp3) is 0.500. The molecular formula is C14H19N3O. The molecule has 0 radical (unpaired) electrons. The first kappa shape index (κ1) is 11.5. The van der Waals surface area contributed by atoms with Crippen LogP contribution in [0.15, 0.2) is 24.3 Å². The van der Waals surface area contributed by atoms with Gasteiger partial charge in [-0.25, -0.2) is 0 Å². The van der Waals surface area contributed by atoms with E-state index in [0.29, 0.717) is 6.04 Å². The Bertz CT molecular complexity index is 436. The maximum atomic E-state index is 12.2. The summed E-state index contributed by atoms with van der Waals surface area (Å²) in [5, 5.41) is 6.40. The maximum absolute atomic E-state index is 12.2. The molecule has 1 saturated heterocycles. The van der Waals surface area contributed by atoms with Crippen molar-refractivity contribution in [3.63, 3.8) is 0 Å². The first-order valence-electron chi connectivity index (χ1n) is 6.70. The summed E-state index contributed by atoms with van der Waals surface area (Å²) in [7, 11) is 0. The first-order chi connectivity index (χ1) is 8.84. The van der Waals surface area contributed by atoms with Crippen molar-refractivity contribution in [1.82, 2.24) is 10.6 Å². The number of carbonyl (C=O) groups is 1. The Hall–Kier alpha value is -1.55. The normalized spacial score (nSPS) is 19.7. The van der Waals surface area contributed by atoms with E-state index in [4.69, 9.17) is 0 Å². The van der Waals surface area contributed by atoms with E-state index >= 15 is 0 Å². The van der Waals surface area contributed by atoms with Crippen molar-refractivity contribution in [3.8, 4) is 0 Å². The largest absolute Gasteiger partial charge is 0.368 e. The highest BCUT2D eigenvalue weighted by Gasteiger charge is 2.25. The molecule has 0 unspecified atom stereocenters. The molecule has 1 aliphatic heterocycles. The van der Waals surface area contributed by atoms with Gasteiger partial charge in [0, 0.05) is 37.9 Å². The molecule has 3 rings (SSSR count). The van der Waals surface area contributed by atoms with Crippen LogP contribution in [0.4, 0.5) is 5.69 Å². The van der Waals surface area contributed by atoms with Gasteiger partial charge in [0.2, 0.25) is 0 Å². The van der Waals surface area contributed by atoms with Crippen molar-refractivity contribution in [2.45, 2.75) is 18.9 Å². The van der Waals surface area contributed by atoms with Gasteiger partial charge in [0.25, 0.3) is 5.91 Å². The molecule has 18 heavy (non-hydrogen) atoms. The average Bonchev–Trinajstić information content (AvgIpc) is 3.24. The van der Waals surface area contributed by atoms with E-state index in [2.05, 4.69) is 15.5 Å². The zero-order chi connectivity index (χ0) is 12.4. The summed E-state index contributed by atoms with van der Waals surface area (Å²) in [4.78, 5) is 14.5. The minimum absolute atomic E-state index is 0.0756. The van der Waals surface area contributed by atoms with E-state index in [1.165, 1.54) is 0 Å². The molecule has 0 aromatic heterocycles. The molecule has 4 heteroatoms. The second-order valence-corrected chi connectivity index (χ2v) is 5.00. The summed E-state index contributed by atoms with van der Waals surface area (Å²) in [5.74, 6) is 0.0756. The number of para-hydroxylation sites is 1. The van der Waals surface area contributed by atoms with Gasteiger partial charge < -0.3 is 15.5 Å². The minimum Gasteiger partial charge on any atom is -0.368 e. The van der Waals surface area contributed by atoms with Gasteiger partial charge in [-0.2, -0.15) is 0 Å².